The minimum absolute atomic E-state index is 0.146. The number of carbonyl (C=O) groups excluding carboxylic acids is 1. The fourth-order valence-corrected chi connectivity index (χ4v) is 1.11. The Morgan fingerprint density at radius 1 is 1.21 bits per heavy atom. The highest BCUT2D eigenvalue weighted by Gasteiger charge is 2.07. The molecule has 0 aliphatic carbocycles. The topological polar surface area (TPSA) is 17.1 Å². The van der Waals surface area contributed by atoms with Gasteiger partial charge in [-0.1, -0.05) is 51.1 Å². The first-order valence-corrected chi connectivity index (χ1v) is 5.24. The average Bonchev–Trinajstić information content (AvgIpc) is 2.22. The summed E-state index contributed by atoms with van der Waals surface area (Å²) in [6.07, 6.45) is 0.857. The molecule has 0 amide bonds. The number of carbonyl (C=O) groups is 1. The Balaban J connectivity index is 0.000000791. The van der Waals surface area contributed by atoms with E-state index in [2.05, 4.69) is 12.1 Å². The van der Waals surface area contributed by atoms with Crippen molar-refractivity contribution >= 4 is 5.78 Å². The Bertz CT molecular complexity index is 251. The molecule has 0 N–H and O–H groups in total. The molecule has 0 saturated carbocycles. The van der Waals surface area contributed by atoms with Crippen LogP contribution in [0.25, 0.3) is 0 Å². The predicted molar refractivity (Wildman–Crippen MR) is 61.3 cm³/mol. The summed E-state index contributed by atoms with van der Waals surface area (Å²) < 4.78 is 0. The molecule has 1 atom stereocenters. The molecule has 1 aromatic carbocycles. The number of hydrogen-bond acceptors (Lipinski definition) is 1. The number of rotatable bonds is 3. The minimum Gasteiger partial charge on any atom is -0.300 e. The zero-order valence-corrected chi connectivity index (χ0v) is 9.58. The van der Waals surface area contributed by atoms with E-state index in [1.165, 1.54) is 5.56 Å². The highest BCUT2D eigenvalue weighted by Crippen LogP contribution is 2.08. The molecule has 0 heterocycles. The lowest BCUT2D eigenvalue weighted by Gasteiger charge is -2.06. The summed E-state index contributed by atoms with van der Waals surface area (Å²) in [6.45, 7) is 7.61. The predicted octanol–water partition coefficient (Wildman–Crippen LogP) is 3.48. The summed E-state index contributed by atoms with van der Waals surface area (Å²) in [6, 6.07) is 10.1. The van der Waals surface area contributed by atoms with E-state index in [1.807, 2.05) is 39.0 Å². The van der Waals surface area contributed by atoms with Gasteiger partial charge in [0.15, 0.2) is 0 Å². The van der Waals surface area contributed by atoms with Crippen LogP contribution in [0.1, 0.15) is 33.3 Å². The second-order valence-electron chi connectivity index (χ2n) is 3.20. The van der Waals surface area contributed by atoms with Gasteiger partial charge >= 0.3 is 0 Å². The molecule has 1 rings (SSSR count). The van der Waals surface area contributed by atoms with Crippen molar-refractivity contribution < 1.29 is 4.79 Å². The van der Waals surface area contributed by atoms with Crippen LogP contribution in [0.2, 0.25) is 0 Å². The van der Waals surface area contributed by atoms with Crippen LogP contribution < -0.4 is 0 Å². The van der Waals surface area contributed by atoms with Gasteiger partial charge in [-0.15, -0.1) is 0 Å². The van der Waals surface area contributed by atoms with Crippen molar-refractivity contribution in [1.82, 2.24) is 0 Å². The van der Waals surface area contributed by atoms with Crippen molar-refractivity contribution in [1.29, 1.82) is 0 Å². The Labute approximate surface area is 87.2 Å². The molecule has 0 bridgehead atoms. The third-order valence-corrected chi connectivity index (χ3v) is 2.08. The van der Waals surface area contributed by atoms with Crippen molar-refractivity contribution in [3.63, 3.8) is 0 Å². The van der Waals surface area contributed by atoms with Gasteiger partial charge in [0.25, 0.3) is 0 Å². The van der Waals surface area contributed by atoms with E-state index >= 15 is 0 Å². The minimum atomic E-state index is 0.146. The lowest BCUT2D eigenvalue weighted by atomic mass is 9.98. The van der Waals surface area contributed by atoms with Gasteiger partial charge in [-0.25, -0.2) is 0 Å². The maximum Gasteiger partial charge on any atom is 0.132 e. The highest BCUT2D eigenvalue weighted by molar-refractivity contribution is 5.78. The maximum absolute atomic E-state index is 10.9. The van der Waals surface area contributed by atoms with Crippen LogP contribution in [0, 0.1) is 5.92 Å². The number of Topliss-reactive ketones (excluding diaryl/α,β-unsaturated/α-hetero) is 1. The van der Waals surface area contributed by atoms with Gasteiger partial charge < -0.3 is 0 Å². The molecule has 0 aromatic heterocycles. The zero-order chi connectivity index (χ0) is 11.0. The largest absolute Gasteiger partial charge is 0.300 e. The van der Waals surface area contributed by atoms with E-state index in [4.69, 9.17) is 0 Å². The van der Waals surface area contributed by atoms with Gasteiger partial charge in [0.05, 0.1) is 0 Å². The first kappa shape index (κ1) is 12.9. The SMILES string of the molecule is CC.CC(=O)C(C)Cc1ccccc1. The Hall–Kier alpha value is -1.11. The summed E-state index contributed by atoms with van der Waals surface area (Å²) in [5, 5.41) is 0. The second kappa shape index (κ2) is 7.31. The lowest BCUT2D eigenvalue weighted by molar-refractivity contribution is -0.120. The van der Waals surface area contributed by atoms with Crippen molar-refractivity contribution in [2.24, 2.45) is 5.92 Å². The van der Waals surface area contributed by atoms with E-state index < -0.39 is 0 Å². The number of benzene rings is 1. The molecule has 1 aromatic rings. The van der Waals surface area contributed by atoms with Crippen LogP contribution in [0.15, 0.2) is 30.3 Å². The van der Waals surface area contributed by atoms with E-state index in [0.717, 1.165) is 6.42 Å². The Kier molecular flexibility index (Phi) is 6.73. The Morgan fingerprint density at radius 2 is 1.71 bits per heavy atom. The normalized spacial score (nSPS) is 11.1. The van der Waals surface area contributed by atoms with Crippen molar-refractivity contribution in [3.05, 3.63) is 35.9 Å². The molecule has 14 heavy (non-hydrogen) atoms. The molecule has 0 fully saturated rings. The smallest absolute Gasteiger partial charge is 0.132 e. The van der Waals surface area contributed by atoms with E-state index in [9.17, 15) is 4.79 Å². The van der Waals surface area contributed by atoms with Crippen LogP contribution in [-0.4, -0.2) is 5.78 Å². The molecule has 1 nitrogen and oxygen atoms in total. The van der Waals surface area contributed by atoms with Crippen molar-refractivity contribution in [2.45, 2.75) is 34.1 Å². The molecule has 0 aliphatic heterocycles. The van der Waals surface area contributed by atoms with Gasteiger partial charge in [0, 0.05) is 5.92 Å². The lowest BCUT2D eigenvalue weighted by Crippen LogP contribution is -2.09. The van der Waals surface area contributed by atoms with Crippen molar-refractivity contribution in [3.8, 4) is 0 Å². The van der Waals surface area contributed by atoms with Crippen LogP contribution in [0.5, 0.6) is 0 Å². The summed E-state index contributed by atoms with van der Waals surface area (Å²) in [5.41, 5.74) is 1.24. The number of hydrogen-bond donors (Lipinski definition) is 0. The number of ketones is 1. The summed E-state index contributed by atoms with van der Waals surface area (Å²) in [5.74, 6) is 0.409. The average molecular weight is 192 g/mol. The monoisotopic (exact) mass is 192 g/mol. The van der Waals surface area contributed by atoms with Crippen molar-refractivity contribution in [2.75, 3.05) is 0 Å². The van der Waals surface area contributed by atoms with E-state index in [-0.39, 0.29) is 11.7 Å². The highest BCUT2D eigenvalue weighted by atomic mass is 16.1. The molecule has 0 aliphatic rings. The Morgan fingerprint density at radius 3 is 2.14 bits per heavy atom. The first-order valence-electron chi connectivity index (χ1n) is 5.24. The summed E-state index contributed by atoms with van der Waals surface area (Å²) in [7, 11) is 0. The first-order chi connectivity index (χ1) is 6.70. The van der Waals surface area contributed by atoms with Crippen LogP contribution >= 0.6 is 0 Å². The maximum atomic E-state index is 10.9. The molecule has 1 heteroatoms. The van der Waals surface area contributed by atoms with Gasteiger partial charge in [-0.3, -0.25) is 4.79 Å². The van der Waals surface area contributed by atoms with E-state index in [1.54, 1.807) is 6.92 Å². The van der Waals surface area contributed by atoms with Gasteiger partial charge in [-0.2, -0.15) is 0 Å². The molecular weight excluding hydrogens is 172 g/mol. The van der Waals surface area contributed by atoms with E-state index in [0.29, 0.717) is 0 Å². The zero-order valence-electron chi connectivity index (χ0n) is 9.58. The molecule has 78 valence electrons. The van der Waals surface area contributed by atoms with Gasteiger partial charge in [0.1, 0.15) is 5.78 Å². The fourth-order valence-electron chi connectivity index (χ4n) is 1.11. The molecule has 1 unspecified atom stereocenters. The summed E-state index contributed by atoms with van der Waals surface area (Å²) in [4.78, 5) is 10.9. The standard InChI is InChI=1S/C11H14O.C2H6/c1-9(10(2)12)8-11-6-4-3-5-7-11;1-2/h3-7,9H,8H2,1-2H3;1-2H3. The third kappa shape index (κ3) is 4.80. The van der Waals surface area contributed by atoms with Crippen LogP contribution in [-0.2, 0) is 11.2 Å². The molecule has 0 saturated heterocycles. The summed E-state index contributed by atoms with van der Waals surface area (Å²) >= 11 is 0. The third-order valence-electron chi connectivity index (χ3n) is 2.08. The second-order valence-corrected chi connectivity index (χ2v) is 3.20. The fraction of sp³-hybridized carbons (Fsp3) is 0.462. The van der Waals surface area contributed by atoms with Crippen LogP contribution in [0.3, 0.4) is 0 Å². The molecular formula is C13H20O. The van der Waals surface area contributed by atoms with Gasteiger partial charge in [0.2, 0.25) is 0 Å². The van der Waals surface area contributed by atoms with Gasteiger partial charge in [-0.05, 0) is 18.9 Å². The molecule has 0 radical (unpaired) electrons. The quantitative estimate of drug-likeness (QED) is 0.716. The molecule has 0 spiro atoms. The van der Waals surface area contributed by atoms with Crippen LogP contribution in [0.4, 0.5) is 0 Å².